The first-order chi connectivity index (χ1) is 17.1. The molecular formula is C25H38N4O7. The third-order valence-corrected chi connectivity index (χ3v) is 7.25. The summed E-state index contributed by atoms with van der Waals surface area (Å²) in [6.45, 7) is 2.21. The number of nitrogens with zero attached hydrogens (tertiary/aromatic N) is 2. The Hall–Kier alpha value is -3.05. The highest BCUT2D eigenvalue weighted by Crippen LogP contribution is 2.41. The van der Waals surface area contributed by atoms with Gasteiger partial charge in [-0.15, -0.1) is 0 Å². The molecule has 2 aliphatic rings. The van der Waals surface area contributed by atoms with Gasteiger partial charge in [-0.2, -0.15) is 0 Å². The van der Waals surface area contributed by atoms with Crippen LogP contribution in [0, 0.1) is 0 Å². The molecule has 0 spiro atoms. The van der Waals surface area contributed by atoms with E-state index >= 15 is 0 Å². The van der Waals surface area contributed by atoms with Gasteiger partial charge in [0, 0.05) is 26.6 Å². The fourth-order valence-corrected chi connectivity index (χ4v) is 5.37. The van der Waals surface area contributed by atoms with Crippen LogP contribution in [0.15, 0.2) is 12.1 Å². The van der Waals surface area contributed by atoms with Crippen LogP contribution in [0.1, 0.15) is 38.2 Å². The molecule has 1 aromatic carbocycles. The van der Waals surface area contributed by atoms with Gasteiger partial charge in [-0.3, -0.25) is 14.4 Å². The number of nitrogens with one attached hydrogen (secondary N) is 1. The number of benzene rings is 1. The fourth-order valence-electron chi connectivity index (χ4n) is 5.37. The van der Waals surface area contributed by atoms with Crippen molar-refractivity contribution in [3.63, 3.8) is 0 Å². The van der Waals surface area contributed by atoms with Gasteiger partial charge in [-0.05, 0) is 50.3 Å². The van der Waals surface area contributed by atoms with Crippen LogP contribution in [0.25, 0.3) is 0 Å². The SMILES string of the molecule is CNC(=O)[C@]1(Cc2cc(OC)c(OC)c(OC)c2)CCCN1C(=O)[C@@H]1CCCN1C(=O)[C@@H](N)[C@@H](C)O. The molecule has 0 aliphatic carbocycles. The largest absolute Gasteiger partial charge is 0.493 e. The van der Waals surface area contributed by atoms with Gasteiger partial charge < -0.3 is 40.2 Å². The van der Waals surface area contributed by atoms with E-state index in [9.17, 15) is 19.5 Å². The van der Waals surface area contributed by atoms with Gasteiger partial charge in [0.1, 0.15) is 17.6 Å². The van der Waals surface area contributed by atoms with E-state index in [0.717, 1.165) is 5.56 Å². The lowest BCUT2D eigenvalue weighted by Gasteiger charge is -2.40. The van der Waals surface area contributed by atoms with E-state index < -0.39 is 29.6 Å². The zero-order chi connectivity index (χ0) is 26.6. The maximum Gasteiger partial charge on any atom is 0.246 e. The van der Waals surface area contributed by atoms with E-state index in [2.05, 4.69) is 5.32 Å². The minimum absolute atomic E-state index is 0.225. The van der Waals surface area contributed by atoms with E-state index in [-0.39, 0.29) is 18.2 Å². The first kappa shape index (κ1) is 27.5. The van der Waals surface area contributed by atoms with E-state index in [4.69, 9.17) is 19.9 Å². The number of amides is 3. The average Bonchev–Trinajstić information content (AvgIpc) is 3.54. The van der Waals surface area contributed by atoms with Crippen molar-refractivity contribution < 1.29 is 33.7 Å². The monoisotopic (exact) mass is 506 g/mol. The molecule has 2 heterocycles. The molecule has 11 nitrogen and oxygen atoms in total. The summed E-state index contributed by atoms with van der Waals surface area (Å²) >= 11 is 0. The molecule has 1 aromatic rings. The van der Waals surface area contributed by atoms with Crippen LogP contribution in [0.3, 0.4) is 0 Å². The summed E-state index contributed by atoms with van der Waals surface area (Å²) in [5.74, 6) is 0.316. The molecule has 11 heteroatoms. The van der Waals surface area contributed by atoms with Gasteiger partial charge >= 0.3 is 0 Å². The zero-order valence-electron chi connectivity index (χ0n) is 21.7. The Morgan fingerprint density at radius 2 is 1.78 bits per heavy atom. The van der Waals surface area contributed by atoms with Crippen molar-refractivity contribution in [3.05, 3.63) is 17.7 Å². The standard InChI is InChI=1S/C25H38N4O7/c1-15(30)20(26)23(32)28-10-6-8-17(28)22(31)29-11-7-9-25(29,24(33)27-2)14-16-12-18(34-3)21(36-5)19(13-16)35-4/h12-13,15,17,20,30H,6-11,14,26H2,1-5H3,(H,27,33)/t15-,17+,20+,25-/m1/s1. The Morgan fingerprint density at radius 1 is 1.14 bits per heavy atom. The molecule has 3 amide bonds. The molecule has 36 heavy (non-hydrogen) atoms. The Bertz CT molecular complexity index is 960. The number of aliphatic hydroxyl groups excluding tert-OH is 1. The minimum atomic E-state index is -1.15. The fraction of sp³-hybridized carbons (Fsp3) is 0.640. The number of likely N-dealkylation sites (tertiary alicyclic amines) is 2. The van der Waals surface area contributed by atoms with Crippen molar-refractivity contribution >= 4 is 17.7 Å². The summed E-state index contributed by atoms with van der Waals surface area (Å²) < 4.78 is 16.4. The third kappa shape index (κ3) is 4.94. The number of carbonyl (C=O) groups excluding carboxylic acids is 3. The topological polar surface area (TPSA) is 144 Å². The number of carbonyl (C=O) groups is 3. The van der Waals surface area contributed by atoms with Crippen molar-refractivity contribution in [1.82, 2.24) is 15.1 Å². The Balaban J connectivity index is 1.98. The van der Waals surface area contributed by atoms with E-state index in [1.54, 1.807) is 24.1 Å². The predicted octanol–water partition coefficient (Wildman–Crippen LogP) is 0.0612. The third-order valence-electron chi connectivity index (χ3n) is 7.25. The molecule has 2 fully saturated rings. The summed E-state index contributed by atoms with van der Waals surface area (Å²) in [6, 6.07) is 1.71. The molecule has 4 atom stereocenters. The van der Waals surface area contributed by atoms with Crippen LogP contribution in [0.2, 0.25) is 0 Å². The normalized spacial score (nSPS) is 23.2. The van der Waals surface area contributed by atoms with Crippen LogP contribution < -0.4 is 25.3 Å². The summed E-state index contributed by atoms with van der Waals surface area (Å²) in [7, 11) is 6.10. The van der Waals surface area contributed by atoms with E-state index in [0.29, 0.717) is 56.0 Å². The molecule has 0 aromatic heterocycles. The highest BCUT2D eigenvalue weighted by molar-refractivity contribution is 5.96. The number of hydrogen-bond acceptors (Lipinski definition) is 8. The molecule has 4 N–H and O–H groups in total. The quantitative estimate of drug-likeness (QED) is 0.427. The summed E-state index contributed by atoms with van der Waals surface area (Å²) in [5, 5.41) is 12.5. The van der Waals surface area contributed by atoms with Gasteiger partial charge in [0.25, 0.3) is 0 Å². The van der Waals surface area contributed by atoms with Crippen molar-refractivity contribution in [2.75, 3.05) is 41.5 Å². The number of aliphatic hydroxyl groups is 1. The van der Waals surface area contributed by atoms with Gasteiger partial charge in [0.2, 0.25) is 23.5 Å². The smallest absolute Gasteiger partial charge is 0.246 e. The van der Waals surface area contributed by atoms with Crippen LogP contribution in [0.5, 0.6) is 17.2 Å². The van der Waals surface area contributed by atoms with Crippen LogP contribution in [-0.4, -0.2) is 97.8 Å². The molecule has 2 saturated heterocycles. The number of likely N-dealkylation sites (N-methyl/N-ethyl adjacent to an activating group) is 1. The predicted molar refractivity (Wildman–Crippen MR) is 132 cm³/mol. The molecule has 0 unspecified atom stereocenters. The number of nitrogens with two attached hydrogens (primary N) is 1. The number of rotatable bonds is 9. The van der Waals surface area contributed by atoms with Gasteiger partial charge in [0.05, 0.1) is 27.4 Å². The van der Waals surface area contributed by atoms with Crippen molar-refractivity contribution in [2.45, 2.75) is 62.8 Å². The van der Waals surface area contributed by atoms with E-state index in [1.165, 1.54) is 33.2 Å². The zero-order valence-corrected chi connectivity index (χ0v) is 21.7. The average molecular weight is 507 g/mol. The van der Waals surface area contributed by atoms with Crippen LogP contribution in [0.4, 0.5) is 0 Å². The lowest BCUT2D eigenvalue weighted by molar-refractivity contribution is -0.152. The van der Waals surface area contributed by atoms with Gasteiger partial charge in [-0.25, -0.2) is 0 Å². The maximum atomic E-state index is 13.9. The van der Waals surface area contributed by atoms with Gasteiger partial charge in [-0.1, -0.05) is 0 Å². The lowest BCUT2D eigenvalue weighted by atomic mass is 9.86. The van der Waals surface area contributed by atoms with Gasteiger partial charge in [0.15, 0.2) is 11.5 Å². The first-order valence-electron chi connectivity index (χ1n) is 12.2. The summed E-state index contributed by atoms with van der Waals surface area (Å²) in [5.41, 5.74) is 5.48. The Labute approximate surface area is 211 Å². The highest BCUT2D eigenvalue weighted by atomic mass is 16.5. The maximum absolute atomic E-state index is 13.9. The summed E-state index contributed by atoms with van der Waals surface area (Å²) in [4.78, 5) is 43.3. The van der Waals surface area contributed by atoms with Crippen molar-refractivity contribution in [3.8, 4) is 17.2 Å². The molecule has 0 saturated carbocycles. The van der Waals surface area contributed by atoms with Crippen LogP contribution in [-0.2, 0) is 20.8 Å². The van der Waals surface area contributed by atoms with Crippen molar-refractivity contribution in [2.24, 2.45) is 5.73 Å². The molecule has 200 valence electrons. The molecular weight excluding hydrogens is 468 g/mol. The molecule has 0 radical (unpaired) electrons. The second kappa shape index (κ2) is 11.3. The number of ether oxygens (including phenoxy) is 3. The molecule has 0 bridgehead atoms. The summed E-state index contributed by atoms with van der Waals surface area (Å²) in [6.07, 6.45) is 1.40. The number of hydrogen-bond donors (Lipinski definition) is 3. The second-order valence-corrected chi connectivity index (χ2v) is 9.37. The Morgan fingerprint density at radius 3 is 2.31 bits per heavy atom. The van der Waals surface area contributed by atoms with E-state index in [1.807, 2.05) is 0 Å². The highest BCUT2D eigenvalue weighted by Gasteiger charge is 2.52. The lowest BCUT2D eigenvalue weighted by Crippen LogP contribution is -2.62. The minimum Gasteiger partial charge on any atom is -0.493 e. The first-order valence-corrected chi connectivity index (χ1v) is 12.2. The van der Waals surface area contributed by atoms with Crippen molar-refractivity contribution in [1.29, 1.82) is 0 Å². The second-order valence-electron chi connectivity index (χ2n) is 9.37. The molecule has 3 rings (SSSR count). The Kier molecular flexibility index (Phi) is 8.67. The van der Waals surface area contributed by atoms with Crippen LogP contribution >= 0.6 is 0 Å². The molecule has 2 aliphatic heterocycles. The number of methoxy groups -OCH3 is 3.